The first-order valence-corrected chi connectivity index (χ1v) is 7.41. The van der Waals surface area contributed by atoms with E-state index in [1.54, 1.807) is 18.4 Å². The molecule has 0 aliphatic carbocycles. The Labute approximate surface area is 123 Å². The highest BCUT2D eigenvalue weighted by molar-refractivity contribution is 7.09. The first-order valence-electron chi connectivity index (χ1n) is 6.53. The molecule has 1 amide bonds. The van der Waals surface area contributed by atoms with E-state index in [-0.39, 0.29) is 11.9 Å². The Morgan fingerprint density at radius 1 is 1.40 bits per heavy atom. The molecule has 1 unspecified atom stereocenters. The highest BCUT2D eigenvalue weighted by Crippen LogP contribution is 2.22. The van der Waals surface area contributed by atoms with E-state index in [2.05, 4.69) is 27.8 Å². The highest BCUT2D eigenvalue weighted by Gasteiger charge is 2.17. The van der Waals surface area contributed by atoms with E-state index in [0.717, 1.165) is 16.3 Å². The fourth-order valence-corrected chi connectivity index (χ4v) is 2.75. The van der Waals surface area contributed by atoms with Crippen molar-refractivity contribution in [2.45, 2.75) is 19.5 Å². The monoisotopic (exact) mass is 289 g/mol. The van der Waals surface area contributed by atoms with Crippen molar-refractivity contribution in [3.8, 4) is 11.3 Å². The maximum Gasteiger partial charge on any atom is 0.236 e. The largest absolute Gasteiger partial charge is 0.358 e. The van der Waals surface area contributed by atoms with Crippen molar-refractivity contribution in [1.29, 1.82) is 0 Å². The molecule has 106 valence electrons. The van der Waals surface area contributed by atoms with E-state index < -0.39 is 0 Å². The molecule has 0 bridgehead atoms. The van der Waals surface area contributed by atoms with Crippen LogP contribution in [-0.2, 0) is 11.3 Å². The molecule has 2 rings (SSSR count). The number of amides is 1. The zero-order valence-corrected chi connectivity index (χ0v) is 12.8. The minimum Gasteiger partial charge on any atom is -0.358 e. The third kappa shape index (κ3) is 3.43. The molecule has 0 spiro atoms. The molecule has 2 aromatic rings. The van der Waals surface area contributed by atoms with Gasteiger partial charge in [-0.2, -0.15) is 0 Å². The molecule has 0 saturated heterocycles. The molecule has 0 saturated carbocycles. The van der Waals surface area contributed by atoms with E-state index in [1.807, 2.05) is 37.1 Å². The number of aromatic nitrogens is 1. The lowest BCUT2D eigenvalue weighted by atomic mass is 10.2. The number of hydrogen-bond donors (Lipinski definition) is 1. The van der Waals surface area contributed by atoms with Gasteiger partial charge in [0.25, 0.3) is 0 Å². The van der Waals surface area contributed by atoms with E-state index in [0.29, 0.717) is 6.54 Å². The first-order chi connectivity index (χ1) is 9.61. The predicted octanol–water partition coefficient (Wildman–Crippen LogP) is 2.38. The number of rotatable bonds is 5. The van der Waals surface area contributed by atoms with Crippen molar-refractivity contribution >= 4 is 17.2 Å². The lowest BCUT2D eigenvalue weighted by molar-refractivity contribution is -0.125. The van der Waals surface area contributed by atoms with Crippen molar-refractivity contribution in [1.82, 2.24) is 15.2 Å². The molecule has 1 aromatic heterocycles. The summed E-state index contributed by atoms with van der Waals surface area (Å²) in [5.74, 6) is 0.0207. The van der Waals surface area contributed by atoms with Crippen LogP contribution in [0, 0.1) is 0 Å². The molecule has 5 heteroatoms. The molecule has 4 nitrogen and oxygen atoms in total. The number of nitrogens with one attached hydrogen (secondary N) is 1. The smallest absolute Gasteiger partial charge is 0.236 e. The summed E-state index contributed by atoms with van der Waals surface area (Å²) in [6.07, 6.45) is 0. The number of nitrogens with zero attached hydrogens (tertiary/aromatic N) is 2. The van der Waals surface area contributed by atoms with Crippen LogP contribution in [0.15, 0.2) is 35.7 Å². The van der Waals surface area contributed by atoms with E-state index in [1.165, 1.54) is 0 Å². The molecule has 1 N–H and O–H groups in total. The quantitative estimate of drug-likeness (QED) is 0.919. The fraction of sp³-hybridized carbons (Fsp3) is 0.333. The number of hydrogen-bond acceptors (Lipinski definition) is 4. The van der Waals surface area contributed by atoms with Gasteiger partial charge in [0.1, 0.15) is 5.01 Å². The summed E-state index contributed by atoms with van der Waals surface area (Å²) >= 11 is 1.62. The van der Waals surface area contributed by atoms with Gasteiger partial charge in [0, 0.05) is 18.0 Å². The van der Waals surface area contributed by atoms with Gasteiger partial charge in [-0.05, 0) is 14.0 Å². The van der Waals surface area contributed by atoms with E-state index >= 15 is 0 Å². The number of carbonyl (C=O) groups excluding carboxylic acids is 1. The van der Waals surface area contributed by atoms with Crippen LogP contribution in [0.3, 0.4) is 0 Å². The molecule has 1 heterocycles. The number of carbonyl (C=O) groups is 1. The van der Waals surface area contributed by atoms with Crippen LogP contribution in [0.1, 0.15) is 11.9 Å². The number of thiazole rings is 1. The van der Waals surface area contributed by atoms with Gasteiger partial charge in [-0.15, -0.1) is 11.3 Å². The molecular formula is C15H19N3OS. The predicted molar refractivity (Wildman–Crippen MR) is 82.5 cm³/mol. The molecular weight excluding hydrogens is 270 g/mol. The minimum atomic E-state index is -0.163. The van der Waals surface area contributed by atoms with Crippen molar-refractivity contribution in [2.75, 3.05) is 14.1 Å². The average Bonchev–Trinajstić information content (AvgIpc) is 2.95. The van der Waals surface area contributed by atoms with Gasteiger partial charge >= 0.3 is 0 Å². The second kappa shape index (κ2) is 6.63. The molecule has 0 radical (unpaired) electrons. The molecule has 1 aromatic carbocycles. The maximum atomic E-state index is 11.6. The number of benzene rings is 1. The zero-order chi connectivity index (χ0) is 14.5. The van der Waals surface area contributed by atoms with E-state index in [4.69, 9.17) is 0 Å². The van der Waals surface area contributed by atoms with Crippen molar-refractivity contribution in [3.63, 3.8) is 0 Å². The van der Waals surface area contributed by atoms with Crippen LogP contribution < -0.4 is 5.32 Å². The Balaban J connectivity index is 2.05. The summed E-state index contributed by atoms with van der Waals surface area (Å²) in [4.78, 5) is 18.2. The Bertz CT molecular complexity index is 568. The fourth-order valence-electron chi connectivity index (χ4n) is 1.88. The summed E-state index contributed by atoms with van der Waals surface area (Å²) in [6, 6.07) is 9.95. The average molecular weight is 289 g/mol. The summed E-state index contributed by atoms with van der Waals surface area (Å²) < 4.78 is 0. The molecule has 0 aliphatic heterocycles. The van der Waals surface area contributed by atoms with Gasteiger partial charge in [0.15, 0.2) is 0 Å². The molecule has 0 aliphatic rings. The normalized spacial score (nSPS) is 12.4. The van der Waals surface area contributed by atoms with Gasteiger partial charge in [-0.25, -0.2) is 4.98 Å². The topological polar surface area (TPSA) is 45.2 Å². The minimum absolute atomic E-state index is 0.0207. The second-order valence-electron chi connectivity index (χ2n) is 4.70. The summed E-state index contributed by atoms with van der Waals surface area (Å²) in [5.41, 5.74) is 2.11. The number of likely N-dealkylation sites (N-methyl/N-ethyl adjacent to an activating group) is 2. The standard InChI is InChI=1S/C15H19N3OS/c1-11(15(19)16-2)18(3)9-14-17-13(10-20-14)12-7-5-4-6-8-12/h4-8,10-11H,9H2,1-3H3,(H,16,19). The van der Waals surface area contributed by atoms with Gasteiger partial charge < -0.3 is 5.32 Å². The zero-order valence-electron chi connectivity index (χ0n) is 12.0. The van der Waals surface area contributed by atoms with Gasteiger partial charge in [0.05, 0.1) is 18.3 Å². The second-order valence-corrected chi connectivity index (χ2v) is 5.64. The molecule has 20 heavy (non-hydrogen) atoms. The SMILES string of the molecule is CNC(=O)C(C)N(C)Cc1nc(-c2ccccc2)cs1. The lowest BCUT2D eigenvalue weighted by Crippen LogP contribution is -2.41. The van der Waals surface area contributed by atoms with Crippen molar-refractivity contribution < 1.29 is 4.79 Å². The summed E-state index contributed by atoms with van der Waals surface area (Å²) in [7, 11) is 3.59. The maximum absolute atomic E-state index is 11.6. The van der Waals surface area contributed by atoms with Crippen LogP contribution in [0.4, 0.5) is 0 Å². The van der Waals surface area contributed by atoms with Gasteiger partial charge in [0.2, 0.25) is 5.91 Å². The highest BCUT2D eigenvalue weighted by atomic mass is 32.1. The van der Waals surface area contributed by atoms with Crippen LogP contribution >= 0.6 is 11.3 Å². The summed E-state index contributed by atoms with van der Waals surface area (Å²) in [5, 5.41) is 5.74. The molecule has 1 atom stereocenters. The third-order valence-electron chi connectivity index (χ3n) is 3.29. The third-order valence-corrected chi connectivity index (χ3v) is 4.13. The Morgan fingerprint density at radius 2 is 2.10 bits per heavy atom. The van der Waals surface area contributed by atoms with Crippen LogP contribution in [0.5, 0.6) is 0 Å². The Kier molecular flexibility index (Phi) is 4.87. The van der Waals surface area contributed by atoms with E-state index in [9.17, 15) is 4.79 Å². The van der Waals surface area contributed by atoms with Crippen LogP contribution in [0.2, 0.25) is 0 Å². The lowest BCUT2D eigenvalue weighted by Gasteiger charge is -2.21. The van der Waals surface area contributed by atoms with Crippen LogP contribution in [-0.4, -0.2) is 35.9 Å². The van der Waals surface area contributed by atoms with Gasteiger partial charge in [-0.1, -0.05) is 30.3 Å². The summed E-state index contributed by atoms with van der Waals surface area (Å²) in [6.45, 7) is 2.57. The Hall–Kier alpha value is -1.72. The Morgan fingerprint density at radius 3 is 2.75 bits per heavy atom. The first kappa shape index (κ1) is 14.7. The molecule has 0 fully saturated rings. The van der Waals surface area contributed by atoms with Crippen molar-refractivity contribution in [3.05, 3.63) is 40.7 Å². The van der Waals surface area contributed by atoms with Crippen LogP contribution in [0.25, 0.3) is 11.3 Å². The van der Waals surface area contributed by atoms with Crippen molar-refractivity contribution in [2.24, 2.45) is 0 Å². The van der Waals surface area contributed by atoms with Gasteiger partial charge in [-0.3, -0.25) is 9.69 Å².